The number of rotatable bonds is 3. The lowest BCUT2D eigenvalue weighted by atomic mass is 10.2. The van der Waals surface area contributed by atoms with E-state index in [1.165, 1.54) is 6.07 Å². The number of nitrogens with zero attached hydrogens (tertiary/aromatic N) is 3. The minimum atomic E-state index is -4.39. The molecule has 104 valence electrons. The number of hydrogen-bond donors (Lipinski definition) is 1. The van der Waals surface area contributed by atoms with Gasteiger partial charge in [-0.3, -0.25) is 10.4 Å². The van der Waals surface area contributed by atoms with Crippen LogP contribution in [0.25, 0.3) is 0 Å². The largest absolute Gasteiger partial charge is 0.417 e. The van der Waals surface area contributed by atoms with Crippen molar-refractivity contribution in [1.29, 1.82) is 0 Å². The van der Waals surface area contributed by atoms with Crippen molar-refractivity contribution in [3.05, 3.63) is 54.0 Å². The highest BCUT2D eigenvalue weighted by atomic mass is 19.4. The fraction of sp³-hybridized carbons (Fsp3) is 0.154. The molecule has 0 amide bonds. The quantitative estimate of drug-likeness (QED) is 0.693. The predicted molar refractivity (Wildman–Crippen MR) is 69.3 cm³/mol. The van der Waals surface area contributed by atoms with E-state index in [1.54, 1.807) is 31.5 Å². The zero-order valence-corrected chi connectivity index (χ0v) is 10.5. The second-order valence-corrected chi connectivity index (χ2v) is 3.97. The van der Waals surface area contributed by atoms with Crippen LogP contribution in [0.1, 0.15) is 18.1 Å². The number of anilines is 1. The van der Waals surface area contributed by atoms with E-state index < -0.39 is 11.7 Å². The van der Waals surface area contributed by atoms with Gasteiger partial charge in [0.15, 0.2) is 0 Å². The summed E-state index contributed by atoms with van der Waals surface area (Å²) >= 11 is 0. The van der Waals surface area contributed by atoms with Crippen molar-refractivity contribution in [3.63, 3.8) is 0 Å². The van der Waals surface area contributed by atoms with E-state index in [4.69, 9.17) is 0 Å². The number of alkyl halides is 3. The molecule has 0 bridgehead atoms. The Bertz CT molecular complexity index is 591. The van der Waals surface area contributed by atoms with Gasteiger partial charge in [0, 0.05) is 24.2 Å². The molecule has 0 unspecified atom stereocenters. The van der Waals surface area contributed by atoms with E-state index in [0.29, 0.717) is 5.71 Å². The summed E-state index contributed by atoms with van der Waals surface area (Å²) in [6.07, 6.45) is -0.364. The van der Waals surface area contributed by atoms with Crippen molar-refractivity contribution in [2.24, 2.45) is 5.10 Å². The lowest BCUT2D eigenvalue weighted by Crippen LogP contribution is -2.06. The van der Waals surface area contributed by atoms with E-state index in [1.807, 2.05) is 0 Å². The van der Waals surface area contributed by atoms with Crippen LogP contribution in [0.2, 0.25) is 0 Å². The first kappa shape index (κ1) is 14.0. The van der Waals surface area contributed by atoms with Gasteiger partial charge in [0.1, 0.15) is 5.82 Å². The molecule has 2 aromatic heterocycles. The number of aromatic nitrogens is 2. The monoisotopic (exact) mass is 280 g/mol. The number of hydrazone groups is 1. The van der Waals surface area contributed by atoms with Crippen molar-refractivity contribution in [2.45, 2.75) is 13.1 Å². The second-order valence-electron chi connectivity index (χ2n) is 3.97. The van der Waals surface area contributed by atoms with E-state index in [0.717, 1.165) is 17.8 Å². The van der Waals surface area contributed by atoms with E-state index in [-0.39, 0.29) is 5.82 Å². The molecule has 7 heteroatoms. The number of hydrogen-bond acceptors (Lipinski definition) is 4. The highest BCUT2D eigenvalue weighted by molar-refractivity contribution is 5.98. The summed E-state index contributed by atoms with van der Waals surface area (Å²) in [4.78, 5) is 7.54. The summed E-state index contributed by atoms with van der Waals surface area (Å²) in [5.74, 6) is 0.242. The summed E-state index contributed by atoms with van der Waals surface area (Å²) in [7, 11) is 0. The molecule has 0 spiro atoms. The molecule has 2 aromatic rings. The second kappa shape index (κ2) is 5.68. The molecule has 2 rings (SSSR count). The third-order valence-corrected chi connectivity index (χ3v) is 2.53. The normalized spacial score (nSPS) is 12.3. The van der Waals surface area contributed by atoms with Gasteiger partial charge in [-0.05, 0) is 31.2 Å². The van der Waals surface area contributed by atoms with Gasteiger partial charge in [-0.15, -0.1) is 0 Å². The number of nitrogens with one attached hydrogen (secondary N) is 1. The summed E-state index contributed by atoms with van der Waals surface area (Å²) in [5, 5.41) is 4.05. The lowest BCUT2D eigenvalue weighted by molar-refractivity contribution is -0.137. The Hall–Kier alpha value is -2.44. The summed E-state index contributed by atoms with van der Waals surface area (Å²) in [5.41, 5.74) is 3.35. The predicted octanol–water partition coefficient (Wildman–Crippen LogP) is 3.33. The van der Waals surface area contributed by atoms with E-state index >= 15 is 0 Å². The highest BCUT2D eigenvalue weighted by Gasteiger charge is 2.30. The number of halogens is 3. The Kier molecular flexibility index (Phi) is 3.97. The van der Waals surface area contributed by atoms with Crippen molar-refractivity contribution in [2.75, 3.05) is 5.43 Å². The maximum absolute atomic E-state index is 12.4. The molecular weight excluding hydrogens is 269 g/mol. The Balaban J connectivity index is 2.08. The smallest absolute Gasteiger partial charge is 0.265 e. The molecule has 0 aromatic carbocycles. The molecule has 0 aliphatic rings. The maximum Gasteiger partial charge on any atom is 0.417 e. The van der Waals surface area contributed by atoms with Crippen LogP contribution in [0.4, 0.5) is 19.0 Å². The topological polar surface area (TPSA) is 50.2 Å². The molecule has 1 N–H and O–H groups in total. The summed E-state index contributed by atoms with van der Waals surface area (Å²) in [6.45, 7) is 1.77. The fourth-order valence-corrected chi connectivity index (χ4v) is 1.43. The van der Waals surface area contributed by atoms with Crippen LogP contribution >= 0.6 is 0 Å². The van der Waals surface area contributed by atoms with Gasteiger partial charge in [-0.25, -0.2) is 4.98 Å². The first-order valence-electron chi connectivity index (χ1n) is 5.71. The van der Waals surface area contributed by atoms with Gasteiger partial charge >= 0.3 is 6.18 Å². The molecule has 2 heterocycles. The SMILES string of the molecule is C/C(=N/Nc1ccc(C(F)(F)F)cn1)c1ccncc1. The Morgan fingerprint density at radius 2 is 1.85 bits per heavy atom. The van der Waals surface area contributed by atoms with Crippen LogP contribution < -0.4 is 5.43 Å². The first-order valence-corrected chi connectivity index (χ1v) is 5.71. The Morgan fingerprint density at radius 3 is 2.40 bits per heavy atom. The van der Waals surface area contributed by atoms with Gasteiger partial charge < -0.3 is 0 Å². The van der Waals surface area contributed by atoms with Crippen LogP contribution in [0.5, 0.6) is 0 Å². The molecule has 0 saturated carbocycles. The van der Waals surface area contributed by atoms with Gasteiger partial charge in [-0.2, -0.15) is 18.3 Å². The average molecular weight is 280 g/mol. The average Bonchev–Trinajstić information content (AvgIpc) is 2.45. The lowest BCUT2D eigenvalue weighted by Gasteiger charge is -2.07. The first-order chi connectivity index (χ1) is 9.47. The zero-order valence-electron chi connectivity index (χ0n) is 10.5. The molecule has 0 radical (unpaired) electrons. The standard InChI is InChI=1S/C13H11F3N4/c1-9(10-4-6-17-7-5-10)19-20-12-3-2-11(8-18-12)13(14,15)16/h2-8H,1H3,(H,18,20)/b19-9-. The minimum Gasteiger partial charge on any atom is -0.265 e. The molecule has 4 nitrogen and oxygen atoms in total. The fourth-order valence-electron chi connectivity index (χ4n) is 1.43. The van der Waals surface area contributed by atoms with Crippen LogP contribution in [0, 0.1) is 0 Å². The highest BCUT2D eigenvalue weighted by Crippen LogP contribution is 2.28. The molecule has 0 aliphatic heterocycles. The molecule has 0 atom stereocenters. The minimum absolute atomic E-state index is 0.242. The molecular formula is C13H11F3N4. The van der Waals surface area contributed by atoms with Gasteiger partial charge in [0.05, 0.1) is 11.3 Å². The van der Waals surface area contributed by atoms with Gasteiger partial charge in [-0.1, -0.05) is 0 Å². The van der Waals surface area contributed by atoms with Crippen molar-refractivity contribution in [3.8, 4) is 0 Å². The number of pyridine rings is 2. The summed E-state index contributed by atoms with van der Waals surface area (Å²) < 4.78 is 37.1. The third kappa shape index (κ3) is 3.53. The molecule has 20 heavy (non-hydrogen) atoms. The Morgan fingerprint density at radius 1 is 1.15 bits per heavy atom. The summed E-state index contributed by atoms with van der Waals surface area (Å²) in [6, 6.07) is 5.74. The van der Waals surface area contributed by atoms with Crippen LogP contribution in [-0.2, 0) is 6.18 Å². The van der Waals surface area contributed by atoms with Crippen LogP contribution in [0.3, 0.4) is 0 Å². The van der Waals surface area contributed by atoms with Crippen molar-refractivity contribution < 1.29 is 13.2 Å². The third-order valence-electron chi connectivity index (χ3n) is 2.53. The Labute approximate surface area is 113 Å². The van der Waals surface area contributed by atoms with E-state index in [2.05, 4.69) is 20.5 Å². The van der Waals surface area contributed by atoms with Crippen LogP contribution in [0.15, 0.2) is 48.0 Å². The zero-order chi connectivity index (χ0) is 14.6. The van der Waals surface area contributed by atoms with Crippen molar-refractivity contribution in [1.82, 2.24) is 9.97 Å². The van der Waals surface area contributed by atoms with Gasteiger partial charge in [0.2, 0.25) is 0 Å². The van der Waals surface area contributed by atoms with Crippen molar-refractivity contribution >= 4 is 11.5 Å². The molecule has 0 fully saturated rings. The van der Waals surface area contributed by atoms with E-state index in [9.17, 15) is 13.2 Å². The molecule has 0 aliphatic carbocycles. The maximum atomic E-state index is 12.4. The van der Waals surface area contributed by atoms with Crippen LogP contribution in [-0.4, -0.2) is 15.7 Å². The van der Waals surface area contributed by atoms with Gasteiger partial charge in [0.25, 0.3) is 0 Å². The molecule has 0 saturated heterocycles.